The molecule has 15 heavy (non-hydrogen) atoms. The first-order valence-corrected chi connectivity index (χ1v) is 7.51. The second-order valence-corrected chi connectivity index (χ2v) is 5.22. The minimum Gasteiger partial charge on any atom is -1.00 e. The summed E-state index contributed by atoms with van der Waals surface area (Å²) in [7, 11) is 0. The fraction of sp³-hybridized carbons (Fsp3) is 1.00. The van der Waals surface area contributed by atoms with Crippen LogP contribution in [0.4, 0.5) is 0 Å². The fourth-order valence-corrected chi connectivity index (χ4v) is 2.57. The Hall–Kier alpha value is 0.884. The zero-order valence-electron chi connectivity index (χ0n) is 10.1. The van der Waals surface area contributed by atoms with Crippen LogP contribution in [0.25, 0.3) is 0 Å². The average molecular weight is 275 g/mol. The molecule has 0 fully saturated rings. The number of unbranched alkanes of at least 4 members (excludes halogenated alkanes) is 2. The number of hydrogen-bond acceptors (Lipinski definition) is 3. The minimum atomic E-state index is -2.06. The van der Waals surface area contributed by atoms with Gasteiger partial charge in [-0.1, -0.05) is 0 Å². The summed E-state index contributed by atoms with van der Waals surface area (Å²) in [6.07, 6.45) is 4.51. The SMILES string of the molecule is CCCC[O][Ti+]([O]CC)[O]CCCC.[Cl-]. The maximum atomic E-state index is 5.59. The summed E-state index contributed by atoms with van der Waals surface area (Å²) in [6.45, 7) is 8.58. The van der Waals surface area contributed by atoms with Crippen molar-refractivity contribution in [1.29, 1.82) is 0 Å². The first-order valence-electron chi connectivity index (χ1n) is 5.60. The van der Waals surface area contributed by atoms with E-state index in [2.05, 4.69) is 13.8 Å². The van der Waals surface area contributed by atoms with E-state index in [9.17, 15) is 0 Å². The van der Waals surface area contributed by atoms with Crippen LogP contribution in [0.1, 0.15) is 46.5 Å². The van der Waals surface area contributed by atoms with Crippen LogP contribution in [-0.4, -0.2) is 19.8 Å². The Morgan fingerprint density at radius 2 is 1.27 bits per heavy atom. The van der Waals surface area contributed by atoms with Crippen LogP contribution in [0, 0.1) is 0 Å². The number of halogens is 1. The van der Waals surface area contributed by atoms with Crippen molar-refractivity contribution < 1.29 is 41.4 Å². The molecule has 0 spiro atoms. The molecule has 0 aromatic rings. The molecule has 3 nitrogen and oxygen atoms in total. The molecule has 5 heteroatoms. The van der Waals surface area contributed by atoms with Gasteiger partial charge in [-0.05, 0) is 0 Å². The van der Waals surface area contributed by atoms with E-state index < -0.39 is 19.0 Å². The Morgan fingerprint density at radius 3 is 1.60 bits per heavy atom. The molecule has 0 saturated heterocycles. The maximum absolute atomic E-state index is 5.59. The van der Waals surface area contributed by atoms with Gasteiger partial charge in [-0.3, -0.25) is 0 Å². The number of hydrogen-bond donors (Lipinski definition) is 0. The normalized spacial score (nSPS) is 9.80. The van der Waals surface area contributed by atoms with E-state index >= 15 is 0 Å². The van der Waals surface area contributed by atoms with Gasteiger partial charge in [-0.15, -0.1) is 0 Å². The molecule has 0 bridgehead atoms. The van der Waals surface area contributed by atoms with Crippen LogP contribution in [-0.2, 0) is 29.0 Å². The molecule has 0 aliphatic carbocycles. The van der Waals surface area contributed by atoms with Crippen molar-refractivity contribution in [3.05, 3.63) is 0 Å². The zero-order valence-corrected chi connectivity index (χ0v) is 12.4. The van der Waals surface area contributed by atoms with Crippen molar-refractivity contribution in [3.8, 4) is 0 Å². The molecule has 0 amide bonds. The Kier molecular flexibility index (Phi) is 18.1. The van der Waals surface area contributed by atoms with Crippen LogP contribution in [0.15, 0.2) is 0 Å². The Labute approximate surface area is 108 Å². The largest absolute Gasteiger partial charge is 1.00 e. The van der Waals surface area contributed by atoms with Gasteiger partial charge in [0.15, 0.2) is 0 Å². The third kappa shape index (κ3) is 12.8. The standard InChI is InChI=1S/2C4H9O.C2H5O.ClH.Ti/c2*1-2-3-4-5;1-2-3;;/h2*2-4H2,1H3;2H2,1H3;1H;/q3*-1;;+4/p-1. The van der Waals surface area contributed by atoms with Crippen molar-refractivity contribution >= 4 is 0 Å². The molecule has 92 valence electrons. The van der Waals surface area contributed by atoms with Crippen molar-refractivity contribution in [2.45, 2.75) is 46.5 Å². The van der Waals surface area contributed by atoms with E-state index in [0.29, 0.717) is 6.61 Å². The predicted molar refractivity (Wildman–Crippen MR) is 53.3 cm³/mol. The van der Waals surface area contributed by atoms with Crippen LogP contribution in [0.3, 0.4) is 0 Å². The summed E-state index contributed by atoms with van der Waals surface area (Å²) in [5.41, 5.74) is 0. The van der Waals surface area contributed by atoms with Gasteiger partial charge in [0.2, 0.25) is 0 Å². The summed E-state index contributed by atoms with van der Waals surface area (Å²) in [5.74, 6) is 0. The van der Waals surface area contributed by atoms with E-state index in [1.54, 1.807) is 0 Å². The van der Waals surface area contributed by atoms with Crippen molar-refractivity contribution in [1.82, 2.24) is 0 Å². The third-order valence-electron chi connectivity index (χ3n) is 1.70. The summed E-state index contributed by atoms with van der Waals surface area (Å²) in [4.78, 5) is 0. The molecule has 0 aromatic heterocycles. The topological polar surface area (TPSA) is 27.7 Å². The quantitative estimate of drug-likeness (QED) is 0.415. The Balaban J connectivity index is 0. The smallest absolute Gasteiger partial charge is 1.00 e. The van der Waals surface area contributed by atoms with Gasteiger partial charge in [0.25, 0.3) is 0 Å². The molecule has 0 aliphatic heterocycles. The van der Waals surface area contributed by atoms with E-state index in [1.165, 1.54) is 0 Å². The molecule has 0 heterocycles. The second-order valence-electron chi connectivity index (χ2n) is 3.09. The van der Waals surface area contributed by atoms with E-state index in [0.717, 1.165) is 38.9 Å². The monoisotopic (exact) mass is 274 g/mol. The molecule has 0 rings (SSSR count). The first-order chi connectivity index (χ1) is 6.85. The van der Waals surface area contributed by atoms with Gasteiger partial charge in [-0.25, -0.2) is 0 Å². The Morgan fingerprint density at radius 1 is 0.800 bits per heavy atom. The maximum Gasteiger partial charge on any atom is -1.00 e. The van der Waals surface area contributed by atoms with Crippen LogP contribution in [0.5, 0.6) is 0 Å². The summed E-state index contributed by atoms with van der Waals surface area (Å²) < 4.78 is 16.6. The molecule has 0 aromatic carbocycles. The third-order valence-corrected chi connectivity index (χ3v) is 3.89. The van der Waals surface area contributed by atoms with Crippen molar-refractivity contribution in [3.63, 3.8) is 0 Å². The fourth-order valence-electron chi connectivity index (χ4n) is 0.843. The molecular weight excluding hydrogens is 251 g/mol. The van der Waals surface area contributed by atoms with Gasteiger partial charge < -0.3 is 12.4 Å². The van der Waals surface area contributed by atoms with Gasteiger partial charge in [0, 0.05) is 0 Å². The molecule has 0 unspecified atom stereocenters. The summed E-state index contributed by atoms with van der Waals surface area (Å²) >= 11 is -2.06. The molecule has 0 radical (unpaired) electrons. The Bertz CT molecular complexity index is 107. The van der Waals surface area contributed by atoms with E-state index in [-0.39, 0.29) is 12.4 Å². The van der Waals surface area contributed by atoms with E-state index in [1.807, 2.05) is 6.92 Å². The van der Waals surface area contributed by atoms with Gasteiger partial charge in [0.1, 0.15) is 0 Å². The average Bonchev–Trinajstić information content (AvgIpc) is 2.18. The van der Waals surface area contributed by atoms with Gasteiger partial charge in [0.05, 0.1) is 0 Å². The van der Waals surface area contributed by atoms with Crippen molar-refractivity contribution in [2.24, 2.45) is 0 Å². The number of rotatable bonds is 10. The molecule has 0 atom stereocenters. The summed E-state index contributed by atoms with van der Waals surface area (Å²) in [6, 6.07) is 0. The van der Waals surface area contributed by atoms with Crippen LogP contribution in [0.2, 0.25) is 0 Å². The van der Waals surface area contributed by atoms with Crippen LogP contribution >= 0.6 is 0 Å². The van der Waals surface area contributed by atoms with Crippen molar-refractivity contribution in [2.75, 3.05) is 19.8 Å². The first kappa shape index (κ1) is 18.3. The molecular formula is C10H23ClO3Ti. The second kappa shape index (κ2) is 14.9. The summed E-state index contributed by atoms with van der Waals surface area (Å²) in [5, 5.41) is 0. The minimum absolute atomic E-state index is 0. The molecule has 0 N–H and O–H groups in total. The van der Waals surface area contributed by atoms with Gasteiger partial charge >= 0.3 is 95.3 Å². The molecule has 0 saturated carbocycles. The van der Waals surface area contributed by atoms with Gasteiger partial charge in [-0.2, -0.15) is 0 Å². The van der Waals surface area contributed by atoms with Crippen LogP contribution < -0.4 is 12.4 Å². The molecule has 0 aliphatic rings. The zero-order chi connectivity index (χ0) is 10.6. The van der Waals surface area contributed by atoms with E-state index in [4.69, 9.17) is 9.96 Å². The predicted octanol–water partition coefficient (Wildman–Crippen LogP) is 0.0235.